The molecule has 1 atom stereocenters. The number of fused-ring (bicyclic) bond motifs is 1. The number of carbonyl (C=O) groups is 1. The number of hydrogen-bond acceptors (Lipinski definition) is 3. The lowest BCUT2D eigenvalue weighted by molar-refractivity contribution is -0.137. The monoisotopic (exact) mass is 414 g/mol. The Morgan fingerprint density at radius 1 is 1.10 bits per heavy atom. The fraction of sp³-hybridized carbons (Fsp3) is 0.261. The van der Waals surface area contributed by atoms with Gasteiger partial charge >= 0.3 is 6.18 Å². The number of aliphatic hydroxyl groups is 1. The van der Waals surface area contributed by atoms with Crippen LogP contribution in [0.5, 0.6) is 0 Å². The second-order valence-corrected chi connectivity index (χ2v) is 7.72. The van der Waals surface area contributed by atoms with Crippen molar-refractivity contribution in [3.8, 4) is 11.1 Å². The first-order valence-electron chi connectivity index (χ1n) is 9.62. The van der Waals surface area contributed by atoms with Gasteiger partial charge in [-0.05, 0) is 53.1 Å². The first-order chi connectivity index (χ1) is 14.2. The zero-order valence-electron chi connectivity index (χ0n) is 16.3. The molecule has 1 unspecified atom stereocenters. The minimum Gasteiger partial charge on any atom is -0.385 e. The number of rotatable bonds is 4. The van der Waals surface area contributed by atoms with Crippen molar-refractivity contribution in [3.63, 3.8) is 0 Å². The number of benzene rings is 3. The third kappa shape index (κ3) is 3.78. The standard InChI is InChI=1S/C23H21F3N2O2/c1-14(22(30)12-27-13-22)28-21(29)17-7-10-20-16(11-17)3-2-4-19(20)15-5-8-18(9-6-15)23(24,25)26/h2-11,14,27,30H,12-13H2,1H3,(H,28,29). The van der Waals surface area contributed by atoms with Crippen molar-refractivity contribution in [1.29, 1.82) is 0 Å². The van der Waals surface area contributed by atoms with Gasteiger partial charge in [0, 0.05) is 18.7 Å². The summed E-state index contributed by atoms with van der Waals surface area (Å²) in [5.74, 6) is -0.287. The van der Waals surface area contributed by atoms with E-state index in [-0.39, 0.29) is 5.91 Å². The van der Waals surface area contributed by atoms with E-state index in [1.165, 1.54) is 12.1 Å². The van der Waals surface area contributed by atoms with Gasteiger partial charge in [0.1, 0.15) is 5.60 Å². The van der Waals surface area contributed by atoms with Gasteiger partial charge in [0.25, 0.3) is 5.91 Å². The van der Waals surface area contributed by atoms with E-state index in [1.54, 1.807) is 25.1 Å². The molecule has 4 rings (SSSR count). The smallest absolute Gasteiger partial charge is 0.385 e. The van der Waals surface area contributed by atoms with Crippen LogP contribution in [0.15, 0.2) is 60.7 Å². The van der Waals surface area contributed by atoms with Gasteiger partial charge in [-0.3, -0.25) is 4.79 Å². The third-order valence-electron chi connectivity index (χ3n) is 5.68. The number of hydrogen-bond donors (Lipinski definition) is 3. The van der Waals surface area contributed by atoms with Crippen LogP contribution < -0.4 is 10.6 Å². The van der Waals surface area contributed by atoms with Gasteiger partial charge < -0.3 is 15.7 Å². The minimum absolute atomic E-state index is 0.287. The predicted octanol–water partition coefficient (Wildman–Crippen LogP) is 3.98. The van der Waals surface area contributed by atoms with Crippen LogP contribution >= 0.6 is 0 Å². The molecule has 0 spiro atoms. The molecule has 4 nitrogen and oxygen atoms in total. The van der Waals surface area contributed by atoms with Gasteiger partial charge in [-0.15, -0.1) is 0 Å². The molecule has 0 aliphatic carbocycles. The van der Waals surface area contributed by atoms with Crippen molar-refractivity contribution in [2.45, 2.75) is 24.7 Å². The summed E-state index contributed by atoms with van der Waals surface area (Å²) in [6.07, 6.45) is -4.38. The van der Waals surface area contributed by atoms with Gasteiger partial charge in [0.05, 0.1) is 11.6 Å². The third-order valence-corrected chi connectivity index (χ3v) is 5.68. The molecule has 3 N–H and O–H groups in total. The fourth-order valence-corrected chi connectivity index (χ4v) is 3.62. The maximum atomic E-state index is 12.8. The Balaban J connectivity index is 1.61. The molecule has 0 aromatic heterocycles. The van der Waals surface area contributed by atoms with Crippen LogP contribution in [0, 0.1) is 0 Å². The van der Waals surface area contributed by atoms with E-state index in [0.717, 1.165) is 28.5 Å². The topological polar surface area (TPSA) is 61.4 Å². The average molecular weight is 414 g/mol. The maximum Gasteiger partial charge on any atom is 0.416 e. The van der Waals surface area contributed by atoms with E-state index >= 15 is 0 Å². The molecular formula is C23H21F3N2O2. The van der Waals surface area contributed by atoms with Crippen molar-refractivity contribution in [1.82, 2.24) is 10.6 Å². The molecule has 7 heteroatoms. The Kier molecular flexibility index (Phi) is 5.03. The maximum absolute atomic E-state index is 12.8. The van der Waals surface area contributed by atoms with E-state index < -0.39 is 23.4 Å². The number of halogens is 3. The minimum atomic E-state index is -4.38. The highest BCUT2D eigenvalue weighted by atomic mass is 19.4. The molecule has 0 saturated carbocycles. The number of amides is 1. The second kappa shape index (κ2) is 7.41. The summed E-state index contributed by atoms with van der Waals surface area (Å²) in [4.78, 5) is 12.6. The quantitative estimate of drug-likeness (QED) is 0.605. The molecule has 156 valence electrons. The van der Waals surface area contributed by atoms with Gasteiger partial charge in [0.15, 0.2) is 0 Å². The van der Waals surface area contributed by atoms with Crippen LogP contribution in [-0.2, 0) is 6.18 Å². The molecule has 1 aliphatic rings. The Morgan fingerprint density at radius 3 is 2.40 bits per heavy atom. The summed E-state index contributed by atoms with van der Waals surface area (Å²) in [7, 11) is 0. The van der Waals surface area contributed by atoms with Crippen molar-refractivity contribution in [2.24, 2.45) is 0 Å². The highest BCUT2D eigenvalue weighted by molar-refractivity contribution is 6.02. The summed E-state index contributed by atoms with van der Waals surface area (Å²) in [6, 6.07) is 15.4. The zero-order valence-corrected chi connectivity index (χ0v) is 16.3. The lowest BCUT2D eigenvalue weighted by Gasteiger charge is -2.42. The molecule has 3 aromatic carbocycles. The lowest BCUT2D eigenvalue weighted by Crippen LogP contribution is -2.68. The average Bonchev–Trinajstić information content (AvgIpc) is 2.70. The number of carbonyl (C=O) groups excluding carboxylic acids is 1. The summed E-state index contributed by atoms with van der Waals surface area (Å²) in [5, 5.41) is 17.8. The molecule has 0 bridgehead atoms. The predicted molar refractivity (Wildman–Crippen MR) is 109 cm³/mol. The number of nitrogens with one attached hydrogen (secondary N) is 2. The molecule has 30 heavy (non-hydrogen) atoms. The molecular weight excluding hydrogens is 393 g/mol. The van der Waals surface area contributed by atoms with Gasteiger partial charge in [-0.1, -0.05) is 36.4 Å². The Labute approximate surface area is 171 Å². The Morgan fingerprint density at radius 2 is 1.80 bits per heavy atom. The van der Waals surface area contributed by atoms with Crippen LogP contribution in [0.2, 0.25) is 0 Å². The zero-order chi connectivity index (χ0) is 21.5. The van der Waals surface area contributed by atoms with Crippen molar-refractivity contribution in [3.05, 3.63) is 71.8 Å². The SMILES string of the molecule is CC(NC(=O)c1ccc2c(-c3ccc(C(F)(F)F)cc3)cccc2c1)C1(O)CNC1. The highest BCUT2D eigenvalue weighted by Gasteiger charge is 2.40. The Bertz CT molecular complexity index is 1090. The second-order valence-electron chi connectivity index (χ2n) is 7.72. The van der Waals surface area contributed by atoms with Gasteiger partial charge in [0.2, 0.25) is 0 Å². The molecule has 1 fully saturated rings. The van der Waals surface area contributed by atoms with Crippen LogP contribution in [0.4, 0.5) is 13.2 Å². The largest absolute Gasteiger partial charge is 0.416 e. The number of β-amino-alcohol motifs (C(OH)–C–C–N with tert-alkyl or cyclic N) is 1. The van der Waals surface area contributed by atoms with E-state index in [4.69, 9.17) is 0 Å². The summed E-state index contributed by atoms with van der Waals surface area (Å²) in [6.45, 7) is 2.63. The lowest BCUT2D eigenvalue weighted by atomic mass is 9.89. The summed E-state index contributed by atoms with van der Waals surface area (Å²) < 4.78 is 38.5. The number of alkyl halides is 3. The summed E-state index contributed by atoms with van der Waals surface area (Å²) in [5.41, 5.74) is 0.274. The Hall–Kier alpha value is -2.90. The molecule has 1 amide bonds. The van der Waals surface area contributed by atoms with Crippen molar-refractivity contribution < 1.29 is 23.1 Å². The van der Waals surface area contributed by atoms with Crippen LogP contribution in [0.1, 0.15) is 22.8 Å². The fourth-order valence-electron chi connectivity index (χ4n) is 3.62. The van der Waals surface area contributed by atoms with E-state index in [9.17, 15) is 23.1 Å². The molecule has 3 aromatic rings. The van der Waals surface area contributed by atoms with Crippen LogP contribution in [0.25, 0.3) is 21.9 Å². The molecule has 0 radical (unpaired) electrons. The first kappa shape index (κ1) is 20.4. The summed E-state index contributed by atoms with van der Waals surface area (Å²) >= 11 is 0. The van der Waals surface area contributed by atoms with Crippen LogP contribution in [-0.4, -0.2) is 35.7 Å². The van der Waals surface area contributed by atoms with Gasteiger partial charge in [-0.2, -0.15) is 13.2 Å². The molecule has 1 saturated heterocycles. The van der Waals surface area contributed by atoms with Gasteiger partial charge in [-0.25, -0.2) is 0 Å². The first-order valence-corrected chi connectivity index (χ1v) is 9.62. The van der Waals surface area contributed by atoms with Crippen LogP contribution in [0.3, 0.4) is 0 Å². The van der Waals surface area contributed by atoms with Crippen molar-refractivity contribution >= 4 is 16.7 Å². The van der Waals surface area contributed by atoms with E-state index in [1.807, 2.05) is 18.2 Å². The normalized spacial score (nSPS) is 16.7. The van der Waals surface area contributed by atoms with Crippen molar-refractivity contribution in [2.75, 3.05) is 13.1 Å². The molecule has 1 aliphatic heterocycles. The van der Waals surface area contributed by atoms with E-state index in [2.05, 4.69) is 10.6 Å². The van der Waals surface area contributed by atoms with E-state index in [0.29, 0.717) is 24.2 Å². The highest BCUT2D eigenvalue weighted by Crippen LogP contribution is 2.33. The molecule has 1 heterocycles.